The number of hydrogen-bond acceptors (Lipinski definition) is 1. The summed E-state index contributed by atoms with van der Waals surface area (Å²) in [7, 11) is 0. The Morgan fingerprint density at radius 1 is 1.26 bits per heavy atom. The van der Waals surface area contributed by atoms with Crippen molar-refractivity contribution in [3.8, 4) is 0 Å². The van der Waals surface area contributed by atoms with Crippen LogP contribution in [0.3, 0.4) is 0 Å². The summed E-state index contributed by atoms with van der Waals surface area (Å²) in [5.41, 5.74) is 1.81. The molecule has 2 heteroatoms. The second-order valence-electron chi connectivity index (χ2n) is 6.60. The number of allylic oxidation sites excluding steroid dienone is 1. The van der Waals surface area contributed by atoms with Crippen molar-refractivity contribution >= 4 is 23.5 Å². The molecule has 0 N–H and O–H groups in total. The highest BCUT2D eigenvalue weighted by molar-refractivity contribution is 6.32. The maximum absolute atomic E-state index is 12.7. The summed E-state index contributed by atoms with van der Waals surface area (Å²) in [5, 5.41) is 0.716. The van der Waals surface area contributed by atoms with E-state index in [2.05, 4.69) is 20.8 Å². The van der Waals surface area contributed by atoms with Crippen LogP contribution in [0.2, 0.25) is 5.02 Å². The van der Waals surface area contributed by atoms with Crippen molar-refractivity contribution in [1.29, 1.82) is 0 Å². The first kappa shape index (κ1) is 12.9. The first-order valence-electron chi connectivity index (χ1n) is 6.89. The number of fused-ring (bicyclic) bond motifs is 2. The molecule has 1 aromatic rings. The topological polar surface area (TPSA) is 17.1 Å². The number of benzene rings is 1. The minimum atomic E-state index is -0.190. The van der Waals surface area contributed by atoms with Gasteiger partial charge in [-0.1, -0.05) is 50.6 Å². The maximum Gasteiger partial charge on any atom is 0.165 e. The molecule has 0 amide bonds. The van der Waals surface area contributed by atoms with Crippen LogP contribution in [0, 0.1) is 16.7 Å². The van der Waals surface area contributed by atoms with Crippen LogP contribution in [0.15, 0.2) is 29.8 Å². The minimum Gasteiger partial charge on any atom is -0.294 e. The van der Waals surface area contributed by atoms with Gasteiger partial charge in [-0.2, -0.15) is 0 Å². The lowest BCUT2D eigenvalue weighted by molar-refractivity contribution is -0.125. The zero-order chi connectivity index (χ0) is 13.8. The molecule has 0 aliphatic heterocycles. The average Bonchev–Trinajstić information content (AvgIpc) is 2.66. The first-order chi connectivity index (χ1) is 8.88. The second kappa shape index (κ2) is 3.96. The maximum atomic E-state index is 12.7. The zero-order valence-electron chi connectivity index (χ0n) is 11.7. The lowest BCUT2D eigenvalue weighted by Gasteiger charge is -2.31. The highest BCUT2D eigenvalue weighted by Gasteiger charge is 2.63. The summed E-state index contributed by atoms with van der Waals surface area (Å²) in [6.45, 7) is 6.59. The van der Waals surface area contributed by atoms with Crippen LogP contribution in [0.4, 0.5) is 0 Å². The van der Waals surface area contributed by atoms with Gasteiger partial charge in [0.05, 0.1) is 0 Å². The van der Waals surface area contributed by atoms with E-state index in [1.165, 1.54) is 0 Å². The van der Waals surface area contributed by atoms with Gasteiger partial charge in [0.1, 0.15) is 0 Å². The van der Waals surface area contributed by atoms with Crippen molar-refractivity contribution in [2.24, 2.45) is 16.7 Å². The Labute approximate surface area is 119 Å². The van der Waals surface area contributed by atoms with Crippen molar-refractivity contribution in [2.75, 3.05) is 0 Å². The largest absolute Gasteiger partial charge is 0.294 e. The van der Waals surface area contributed by atoms with Crippen LogP contribution < -0.4 is 0 Å². The van der Waals surface area contributed by atoms with E-state index in [9.17, 15) is 4.79 Å². The number of rotatable bonds is 1. The Hall–Kier alpha value is -1.08. The fourth-order valence-electron chi connectivity index (χ4n) is 3.85. The van der Waals surface area contributed by atoms with Gasteiger partial charge in [-0.3, -0.25) is 4.79 Å². The smallest absolute Gasteiger partial charge is 0.165 e. The van der Waals surface area contributed by atoms with Gasteiger partial charge in [0, 0.05) is 16.0 Å². The predicted molar refractivity (Wildman–Crippen MR) is 79.0 cm³/mol. The molecule has 1 nitrogen and oxygen atoms in total. The van der Waals surface area contributed by atoms with Crippen LogP contribution in [-0.4, -0.2) is 5.78 Å². The second-order valence-corrected chi connectivity index (χ2v) is 7.00. The summed E-state index contributed by atoms with van der Waals surface area (Å²) < 4.78 is 0. The zero-order valence-corrected chi connectivity index (χ0v) is 12.4. The van der Waals surface area contributed by atoms with E-state index in [-0.39, 0.29) is 10.8 Å². The molecule has 0 aromatic heterocycles. The summed E-state index contributed by atoms with van der Waals surface area (Å²) in [6.07, 6.45) is 4.15. The van der Waals surface area contributed by atoms with Crippen molar-refractivity contribution < 1.29 is 4.79 Å². The summed E-state index contributed by atoms with van der Waals surface area (Å²) in [6, 6.07) is 7.73. The summed E-state index contributed by atoms with van der Waals surface area (Å²) in [4.78, 5) is 12.7. The Bertz CT molecular complexity index is 585. The van der Waals surface area contributed by atoms with E-state index >= 15 is 0 Å². The molecule has 0 saturated heterocycles. The van der Waals surface area contributed by atoms with E-state index in [1.54, 1.807) is 0 Å². The summed E-state index contributed by atoms with van der Waals surface area (Å²) >= 11 is 6.20. The molecular formula is C17H19ClO. The molecule has 2 atom stereocenters. The van der Waals surface area contributed by atoms with Gasteiger partial charge in [-0.15, -0.1) is 0 Å². The highest BCUT2D eigenvalue weighted by atomic mass is 35.5. The molecule has 100 valence electrons. The van der Waals surface area contributed by atoms with Crippen molar-refractivity contribution in [1.82, 2.24) is 0 Å². The van der Waals surface area contributed by atoms with Gasteiger partial charge in [-0.05, 0) is 41.9 Å². The van der Waals surface area contributed by atoms with E-state index in [0.717, 1.165) is 24.0 Å². The number of ketones is 1. The molecule has 3 rings (SSSR count). The number of Topliss-reactive ketones (excluding diaryl/α,β-unsaturated/α-hetero) is 1. The molecule has 2 fully saturated rings. The van der Waals surface area contributed by atoms with Gasteiger partial charge in [-0.25, -0.2) is 0 Å². The van der Waals surface area contributed by atoms with Gasteiger partial charge in [0.15, 0.2) is 5.78 Å². The van der Waals surface area contributed by atoms with E-state index in [1.807, 2.05) is 30.3 Å². The third-order valence-corrected chi connectivity index (χ3v) is 5.93. The standard InChI is InChI=1S/C17H19ClO/c1-16(2)13-8-9-17(16,3)15(19)12(13)10-11-6-4-5-7-14(11)18/h4-7,10,13H,8-9H2,1-3H3/b12-10+/t13-,17+/m1/s1. The summed E-state index contributed by atoms with van der Waals surface area (Å²) in [5.74, 6) is 0.704. The number of halogens is 1. The molecule has 0 unspecified atom stereocenters. The fraction of sp³-hybridized carbons (Fsp3) is 0.471. The third kappa shape index (κ3) is 1.57. The van der Waals surface area contributed by atoms with E-state index < -0.39 is 0 Å². The van der Waals surface area contributed by atoms with Crippen LogP contribution in [0.5, 0.6) is 0 Å². The van der Waals surface area contributed by atoms with E-state index in [4.69, 9.17) is 11.6 Å². The molecule has 2 aliphatic carbocycles. The number of carbonyl (C=O) groups excluding carboxylic acids is 1. The Morgan fingerprint density at radius 3 is 2.53 bits per heavy atom. The third-order valence-electron chi connectivity index (χ3n) is 5.58. The minimum absolute atomic E-state index is 0.0666. The normalized spacial score (nSPS) is 34.2. The highest BCUT2D eigenvalue weighted by Crippen LogP contribution is 2.65. The van der Waals surface area contributed by atoms with Gasteiger partial charge in [0.25, 0.3) is 0 Å². The number of hydrogen-bond donors (Lipinski definition) is 0. The monoisotopic (exact) mass is 274 g/mol. The quantitative estimate of drug-likeness (QED) is 0.676. The SMILES string of the molecule is CC1(C)[C@@H]2CC[C@@]1(C)C(=O)/C2=C/c1ccccc1Cl. The molecule has 1 aromatic carbocycles. The van der Waals surface area contributed by atoms with Crippen LogP contribution in [0.25, 0.3) is 6.08 Å². The number of carbonyl (C=O) groups is 1. The predicted octanol–water partition coefficient (Wildman–Crippen LogP) is 4.75. The van der Waals surface area contributed by atoms with Crippen molar-refractivity contribution in [2.45, 2.75) is 33.6 Å². The molecular weight excluding hydrogens is 256 g/mol. The lowest BCUT2D eigenvalue weighted by Crippen LogP contribution is -2.32. The molecule has 19 heavy (non-hydrogen) atoms. The van der Waals surface area contributed by atoms with Gasteiger partial charge >= 0.3 is 0 Å². The molecule has 0 heterocycles. The average molecular weight is 275 g/mol. The molecule has 0 radical (unpaired) electrons. The van der Waals surface area contributed by atoms with Crippen LogP contribution >= 0.6 is 11.6 Å². The Morgan fingerprint density at radius 2 is 1.95 bits per heavy atom. The molecule has 2 aliphatic rings. The lowest BCUT2D eigenvalue weighted by atomic mass is 9.70. The molecule has 0 spiro atoms. The Kier molecular flexibility index (Phi) is 2.69. The fourth-order valence-corrected chi connectivity index (χ4v) is 4.04. The van der Waals surface area contributed by atoms with Crippen LogP contribution in [-0.2, 0) is 4.79 Å². The van der Waals surface area contributed by atoms with E-state index in [0.29, 0.717) is 16.7 Å². The molecule has 2 saturated carbocycles. The van der Waals surface area contributed by atoms with Gasteiger partial charge < -0.3 is 0 Å². The Balaban J connectivity index is 2.10. The van der Waals surface area contributed by atoms with Gasteiger partial charge in [0.2, 0.25) is 0 Å². The molecule has 2 bridgehead atoms. The van der Waals surface area contributed by atoms with Crippen LogP contribution in [0.1, 0.15) is 39.2 Å². The first-order valence-corrected chi connectivity index (χ1v) is 7.26. The van der Waals surface area contributed by atoms with Crippen molar-refractivity contribution in [3.05, 3.63) is 40.4 Å². The van der Waals surface area contributed by atoms with Crippen molar-refractivity contribution in [3.63, 3.8) is 0 Å².